The predicted molar refractivity (Wildman–Crippen MR) is 120 cm³/mol. The highest BCUT2D eigenvalue weighted by atomic mass is 16.5. The highest BCUT2D eigenvalue weighted by molar-refractivity contribution is 5.73. The molecule has 0 heterocycles. The molecule has 162 valence electrons. The predicted octanol–water partition coefficient (Wildman–Crippen LogP) is 4.30. The molecule has 0 saturated carbocycles. The van der Waals surface area contributed by atoms with E-state index in [-0.39, 0.29) is 5.75 Å². The minimum atomic E-state index is -1.02. The van der Waals surface area contributed by atoms with E-state index in [0.29, 0.717) is 26.1 Å². The fourth-order valence-electron chi connectivity index (χ4n) is 3.25. The number of phenols is 1. The molecule has 0 aliphatic heterocycles. The zero-order chi connectivity index (χ0) is 22.2. The lowest BCUT2D eigenvalue weighted by Gasteiger charge is -2.25. The summed E-state index contributed by atoms with van der Waals surface area (Å²) in [4.78, 5) is 13.2. The molecule has 0 fully saturated rings. The van der Waals surface area contributed by atoms with Crippen LogP contribution in [0, 0.1) is 6.92 Å². The Balaban J connectivity index is 1.80. The van der Waals surface area contributed by atoms with Gasteiger partial charge in [-0.25, -0.2) is 0 Å². The second-order valence-corrected chi connectivity index (χ2v) is 7.60. The monoisotopic (exact) mass is 420 g/mol. The average Bonchev–Trinajstić information content (AvgIpc) is 2.76. The van der Waals surface area contributed by atoms with E-state index < -0.39 is 12.0 Å². The molecule has 0 aliphatic carbocycles. The van der Waals surface area contributed by atoms with Crippen molar-refractivity contribution in [1.82, 2.24) is 4.90 Å². The van der Waals surface area contributed by atoms with E-state index in [0.717, 1.165) is 28.2 Å². The molecular formula is C25H28N2O4. The fraction of sp³-hybridized carbons (Fsp3) is 0.240. The van der Waals surface area contributed by atoms with Gasteiger partial charge in [0.15, 0.2) is 0 Å². The van der Waals surface area contributed by atoms with Crippen molar-refractivity contribution in [2.45, 2.75) is 32.5 Å². The van der Waals surface area contributed by atoms with Crippen molar-refractivity contribution in [3.8, 4) is 17.2 Å². The van der Waals surface area contributed by atoms with Gasteiger partial charge in [-0.2, -0.15) is 0 Å². The molecule has 3 rings (SSSR count). The van der Waals surface area contributed by atoms with Crippen LogP contribution in [0.2, 0.25) is 0 Å². The lowest BCUT2D eigenvalue weighted by atomic mass is 10.1. The van der Waals surface area contributed by atoms with E-state index in [4.69, 9.17) is 15.6 Å². The Morgan fingerprint density at radius 1 is 0.968 bits per heavy atom. The Labute approximate surface area is 182 Å². The number of aryl methyl sites for hydroxylation is 1. The molecule has 31 heavy (non-hydrogen) atoms. The lowest BCUT2D eigenvalue weighted by Crippen LogP contribution is -2.35. The van der Waals surface area contributed by atoms with Gasteiger partial charge < -0.3 is 20.7 Å². The van der Waals surface area contributed by atoms with E-state index in [9.17, 15) is 9.90 Å². The Kier molecular flexibility index (Phi) is 7.65. The Morgan fingerprint density at radius 2 is 1.58 bits per heavy atom. The minimum Gasteiger partial charge on any atom is -0.508 e. The number of aliphatic carboxylic acids is 1. The van der Waals surface area contributed by atoms with Crippen molar-refractivity contribution in [1.29, 1.82) is 0 Å². The molecule has 6 heteroatoms. The van der Waals surface area contributed by atoms with E-state index in [1.807, 2.05) is 67.6 Å². The number of rotatable bonds is 10. The molecule has 6 nitrogen and oxygen atoms in total. The third kappa shape index (κ3) is 6.57. The van der Waals surface area contributed by atoms with Crippen LogP contribution in [0.5, 0.6) is 17.2 Å². The Morgan fingerprint density at radius 3 is 2.26 bits per heavy atom. The van der Waals surface area contributed by atoms with Gasteiger partial charge >= 0.3 is 5.97 Å². The van der Waals surface area contributed by atoms with Crippen molar-refractivity contribution in [3.63, 3.8) is 0 Å². The molecule has 0 amide bonds. The van der Waals surface area contributed by atoms with Crippen molar-refractivity contribution >= 4 is 5.97 Å². The summed E-state index contributed by atoms with van der Waals surface area (Å²) >= 11 is 0. The number of carbonyl (C=O) groups is 1. The summed E-state index contributed by atoms with van der Waals surface area (Å²) in [6.45, 7) is 3.46. The number of ether oxygens (including phenoxy) is 1. The van der Waals surface area contributed by atoms with Crippen molar-refractivity contribution in [2.75, 3.05) is 6.54 Å². The number of nitrogens with zero attached hydrogens (tertiary/aromatic N) is 1. The first-order valence-electron chi connectivity index (χ1n) is 10.2. The molecule has 0 spiro atoms. The molecule has 3 aromatic carbocycles. The first kappa shape index (κ1) is 22.3. The molecular weight excluding hydrogens is 392 g/mol. The fourth-order valence-corrected chi connectivity index (χ4v) is 3.25. The number of carboxylic acid groups (broad SMARTS) is 1. The van der Waals surface area contributed by atoms with Crippen LogP contribution < -0.4 is 10.5 Å². The van der Waals surface area contributed by atoms with Crippen LogP contribution in [0.25, 0.3) is 0 Å². The SMILES string of the molecule is Cc1ccc(Oc2ccccc2CN(CC[C@H](N)C(=O)O)Cc2ccccc2O)cc1. The number of para-hydroxylation sites is 2. The number of phenolic OH excluding ortho intramolecular Hbond substituents is 1. The molecule has 0 aromatic heterocycles. The summed E-state index contributed by atoms with van der Waals surface area (Å²) in [6.07, 6.45) is 0.296. The van der Waals surface area contributed by atoms with Gasteiger partial charge in [-0.1, -0.05) is 54.1 Å². The third-order valence-corrected chi connectivity index (χ3v) is 5.07. The summed E-state index contributed by atoms with van der Waals surface area (Å²) in [6, 6.07) is 21.8. The lowest BCUT2D eigenvalue weighted by molar-refractivity contribution is -0.138. The summed E-state index contributed by atoms with van der Waals surface area (Å²) in [5.41, 5.74) is 8.61. The van der Waals surface area contributed by atoms with Crippen LogP contribution in [0.4, 0.5) is 0 Å². The van der Waals surface area contributed by atoms with Crippen LogP contribution in [-0.2, 0) is 17.9 Å². The number of carboxylic acids is 1. The molecule has 3 aromatic rings. The Hall–Kier alpha value is -3.35. The van der Waals surface area contributed by atoms with E-state index >= 15 is 0 Å². The van der Waals surface area contributed by atoms with Gasteiger partial charge in [-0.05, 0) is 37.6 Å². The van der Waals surface area contributed by atoms with Crippen molar-refractivity contribution in [2.24, 2.45) is 5.73 Å². The first-order chi connectivity index (χ1) is 14.9. The summed E-state index contributed by atoms with van der Waals surface area (Å²) in [5, 5.41) is 19.3. The molecule has 4 N–H and O–H groups in total. The van der Waals surface area contributed by atoms with Gasteiger partial charge in [0.25, 0.3) is 0 Å². The van der Waals surface area contributed by atoms with Gasteiger partial charge in [0.2, 0.25) is 0 Å². The molecule has 1 atom stereocenters. The van der Waals surface area contributed by atoms with Gasteiger partial charge in [-0.15, -0.1) is 0 Å². The molecule has 0 aliphatic rings. The maximum atomic E-state index is 11.2. The van der Waals surface area contributed by atoms with Crippen LogP contribution in [0.15, 0.2) is 72.8 Å². The number of nitrogens with two attached hydrogens (primary N) is 1. The van der Waals surface area contributed by atoms with Gasteiger partial charge in [0.1, 0.15) is 23.3 Å². The summed E-state index contributed by atoms with van der Waals surface area (Å²) in [5.74, 6) is 0.666. The zero-order valence-corrected chi connectivity index (χ0v) is 17.6. The normalized spacial score (nSPS) is 12.0. The van der Waals surface area contributed by atoms with E-state index in [1.54, 1.807) is 12.1 Å². The second kappa shape index (κ2) is 10.6. The highest BCUT2D eigenvalue weighted by Gasteiger charge is 2.17. The Bertz CT molecular complexity index is 1000. The quantitative estimate of drug-likeness (QED) is 0.453. The number of hydrogen-bond donors (Lipinski definition) is 3. The first-order valence-corrected chi connectivity index (χ1v) is 10.2. The minimum absolute atomic E-state index is 0.208. The summed E-state index contributed by atoms with van der Waals surface area (Å²) in [7, 11) is 0. The standard InChI is InChI=1S/C25H28N2O4/c1-18-10-12-21(13-11-18)31-24-9-5-3-7-20(24)17-27(15-14-22(26)25(29)30)16-19-6-2-4-8-23(19)28/h2-13,22,28H,14-17,26H2,1H3,(H,29,30)/t22-/m0/s1. The van der Waals surface area contributed by atoms with Crippen LogP contribution in [0.3, 0.4) is 0 Å². The molecule has 0 radical (unpaired) electrons. The van der Waals surface area contributed by atoms with Crippen LogP contribution in [0.1, 0.15) is 23.1 Å². The molecule has 0 unspecified atom stereocenters. The van der Waals surface area contributed by atoms with Crippen LogP contribution >= 0.6 is 0 Å². The number of hydrogen-bond acceptors (Lipinski definition) is 5. The third-order valence-electron chi connectivity index (χ3n) is 5.07. The van der Waals surface area contributed by atoms with Gasteiger partial charge in [-0.3, -0.25) is 9.69 Å². The average molecular weight is 421 g/mol. The maximum Gasteiger partial charge on any atom is 0.320 e. The smallest absolute Gasteiger partial charge is 0.320 e. The van der Waals surface area contributed by atoms with E-state index in [2.05, 4.69) is 4.90 Å². The van der Waals surface area contributed by atoms with Gasteiger partial charge in [0.05, 0.1) is 0 Å². The highest BCUT2D eigenvalue weighted by Crippen LogP contribution is 2.28. The molecule has 0 saturated heterocycles. The molecule has 0 bridgehead atoms. The van der Waals surface area contributed by atoms with Gasteiger partial charge in [0, 0.05) is 30.8 Å². The summed E-state index contributed by atoms with van der Waals surface area (Å²) < 4.78 is 6.11. The van der Waals surface area contributed by atoms with E-state index in [1.165, 1.54) is 0 Å². The van der Waals surface area contributed by atoms with Crippen molar-refractivity contribution in [3.05, 3.63) is 89.5 Å². The number of benzene rings is 3. The topological polar surface area (TPSA) is 96.0 Å². The maximum absolute atomic E-state index is 11.2. The second-order valence-electron chi connectivity index (χ2n) is 7.60. The van der Waals surface area contributed by atoms with Crippen molar-refractivity contribution < 1.29 is 19.7 Å². The zero-order valence-electron chi connectivity index (χ0n) is 17.6. The van der Waals surface area contributed by atoms with Crippen LogP contribution in [-0.4, -0.2) is 33.7 Å². The largest absolute Gasteiger partial charge is 0.508 e. The number of aromatic hydroxyl groups is 1.